The zero-order valence-electron chi connectivity index (χ0n) is 13.3. The number of rotatable bonds is 4. The van der Waals surface area contributed by atoms with Gasteiger partial charge in [0.05, 0.1) is 18.7 Å². The number of carbonyl (C=O) groups excluding carboxylic acids is 1. The molecule has 2 aromatic rings. The number of hydrogen-bond acceptors (Lipinski definition) is 5. The molecular weight excluding hydrogens is 308 g/mol. The number of benzene rings is 1. The van der Waals surface area contributed by atoms with Gasteiger partial charge < -0.3 is 15.3 Å². The Morgan fingerprint density at radius 3 is 3.00 bits per heavy atom. The highest BCUT2D eigenvalue weighted by atomic mass is 16.3. The molecule has 1 saturated carbocycles. The maximum absolute atomic E-state index is 12.4. The van der Waals surface area contributed by atoms with Crippen LogP contribution in [0.15, 0.2) is 24.3 Å². The molecule has 8 heteroatoms. The van der Waals surface area contributed by atoms with E-state index in [1.54, 1.807) is 4.90 Å². The van der Waals surface area contributed by atoms with Crippen LogP contribution in [0, 0.1) is 0 Å². The van der Waals surface area contributed by atoms with Crippen LogP contribution in [0.3, 0.4) is 0 Å². The Labute approximate surface area is 139 Å². The molecule has 1 aromatic heterocycles. The molecule has 24 heavy (non-hydrogen) atoms. The summed E-state index contributed by atoms with van der Waals surface area (Å²) in [5.41, 5.74) is 1.58. The van der Waals surface area contributed by atoms with E-state index >= 15 is 0 Å². The summed E-state index contributed by atoms with van der Waals surface area (Å²) >= 11 is 0. The summed E-state index contributed by atoms with van der Waals surface area (Å²) in [6.45, 7) is 0.681. The van der Waals surface area contributed by atoms with Crippen LogP contribution in [0.5, 0.6) is 0 Å². The lowest BCUT2D eigenvalue weighted by molar-refractivity contribution is 0.166. The lowest BCUT2D eigenvalue weighted by Crippen LogP contribution is -2.40. The zero-order chi connectivity index (χ0) is 16.5. The zero-order valence-corrected chi connectivity index (χ0v) is 13.3. The van der Waals surface area contributed by atoms with Crippen molar-refractivity contribution in [3.63, 3.8) is 0 Å². The minimum Gasteiger partial charge on any atom is -0.394 e. The summed E-state index contributed by atoms with van der Waals surface area (Å²) in [6, 6.07) is 7.67. The van der Waals surface area contributed by atoms with E-state index in [0.717, 1.165) is 37.1 Å². The first-order valence-electron chi connectivity index (χ1n) is 8.33. The second-order valence-electron chi connectivity index (χ2n) is 6.36. The SMILES string of the molecule is O=C(Nc1cccc(-c2nnnn2C2CC2)c1)N1CCC[C@@H]1CO. The van der Waals surface area contributed by atoms with Crippen molar-refractivity contribution in [2.45, 2.75) is 37.8 Å². The van der Waals surface area contributed by atoms with Crippen LogP contribution in [0.1, 0.15) is 31.7 Å². The van der Waals surface area contributed by atoms with Crippen molar-refractivity contribution in [1.29, 1.82) is 0 Å². The molecule has 0 spiro atoms. The molecular formula is C16H20N6O2. The van der Waals surface area contributed by atoms with Crippen LogP contribution in [0.2, 0.25) is 0 Å². The van der Waals surface area contributed by atoms with E-state index in [-0.39, 0.29) is 18.7 Å². The molecule has 1 aromatic carbocycles. The van der Waals surface area contributed by atoms with Gasteiger partial charge in [-0.3, -0.25) is 0 Å². The third-order valence-corrected chi connectivity index (χ3v) is 4.61. The Hall–Kier alpha value is -2.48. The van der Waals surface area contributed by atoms with Gasteiger partial charge in [-0.1, -0.05) is 12.1 Å². The number of amides is 2. The number of hydrogen-bond donors (Lipinski definition) is 2. The second kappa shape index (κ2) is 6.20. The summed E-state index contributed by atoms with van der Waals surface area (Å²) in [5.74, 6) is 0.725. The van der Waals surface area contributed by atoms with Crippen LogP contribution in [-0.2, 0) is 0 Å². The van der Waals surface area contributed by atoms with Gasteiger partial charge >= 0.3 is 6.03 Å². The number of carbonyl (C=O) groups is 1. The van der Waals surface area contributed by atoms with Gasteiger partial charge in [0, 0.05) is 17.8 Å². The second-order valence-corrected chi connectivity index (χ2v) is 6.36. The number of tetrazole rings is 1. The van der Waals surface area contributed by atoms with Crippen molar-refractivity contribution in [3.8, 4) is 11.4 Å². The molecule has 8 nitrogen and oxygen atoms in total. The Kier molecular flexibility index (Phi) is 3.89. The number of nitrogens with one attached hydrogen (secondary N) is 1. The number of nitrogens with zero attached hydrogens (tertiary/aromatic N) is 5. The molecule has 2 aliphatic rings. The van der Waals surface area contributed by atoms with Gasteiger partial charge in [-0.15, -0.1) is 5.10 Å². The van der Waals surface area contributed by atoms with Crippen molar-refractivity contribution in [2.24, 2.45) is 0 Å². The first kappa shape index (κ1) is 15.1. The highest BCUT2D eigenvalue weighted by Gasteiger charge is 2.29. The molecule has 0 unspecified atom stereocenters. The maximum atomic E-state index is 12.4. The average molecular weight is 328 g/mol. The van der Waals surface area contributed by atoms with Gasteiger partial charge in [0.1, 0.15) is 0 Å². The maximum Gasteiger partial charge on any atom is 0.322 e. The van der Waals surface area contributed by atoms with Crippen molar-refractivity contribution >= 4 is 11.7 Å². The molecule has 2 amide bonds. The fourth-order valence-electron chi connectivity index (χ4n) is 3.17. The Morgan fingerprint density at radius 1 is 1.33 bits per heavy atom. The Bertz CT molecular complexity index is 742. The quantitative estimate of drug-likeness (QED) is 0.890. The fraction of sp³-hybridized carbons (Fsp3) is 0.500. The highest BCUT2D eigenvalue weighted by Crippen LogP contribution is 2.36. The number of aliphatic hydroxyl groups is 1. The number of aliphatic hydroxyl groups excluding tert-OH is 1. The van der Waals surface area contributed by atoms with E-state index in [4.69, 9.17) is 0 Å². The average Bonchev–Trinajstić information content (AvgIpc) is 3.14. The summed E-state index contributed by atoms with van der Waals surface area (Å²) in [5, 5.41) is 24.2. The highest BCUT2D eigenvalue weighted by molar-refractivity contribution is 5.90. The molecule has 0 radical (unpaired) electrons. The molecule has 2 fully saturated rings. The fourth-order valence-corrected chi connectivity index (χ4v) is 3.17. The van der Waals surface area contributed by atoms with Crippen LogP contribution in [-0.4, -0.2) is 55.4 Å². The summed E-state index contributed by atoms with van der Waals surface area (Å²) < 4.78 is 1.85. The summed E-state index contributed by atoms with van der Waals surface area (Å²) in [6.07, 6.45) is 3.98. The number of urea groups is 1. The van der Waals surface area contributed by atoms with Crippen LogP contribution in [0.25, 0.3) is 11.4 Å². The smallest absolute Gasteiger partial charge is 0.322 e. The molecule has 2 N–H and O–H groups in total. The molecule has 1 aliphatic heterocycles. The summed E-state index contributed by atoms with van der Waals surface area (Å²) in [7, 11) is 0. The number of anilines is 1. The lowest BCUT2D eigenvalue weighted by atomic mass is 10.2. The molecule has 1 atom stereocenters. The van der Waals surface area contributed by atoms with Gasteiger partial charge in [0.15, 0.2) is 5.82 Å². The van der Waals surface area contributed by atoms with Gasteiger partial charge in [0.2, 0.25) is 0 Å². The van der Waals surface area contributed by atoms with Crippen LogP contribution in [0.4, 0.5) is 10.5 Å². The number of aromatic nitrogens is 4. The van der Waals surface area contributed by atoms with Crippen LogP contribution >= 0.6 is 0 Å². The largest absolute Gasteiger partial charge is 0.394 e. The minimum absolute atomic E-state index is 0.00359. The Morgan fingerprint density at radius 2 is 2.21 bits per heavy atom. The van der Waals surface area contributed by atoms with Gasteiger partial charge in [-0.25, -0.2) is 9.48 Å². The number of likely N-dealkylation sites (tertiary alicyclic amines) is 1. The minimum atomic E-state index is -0.175. The van der Waals surface area contributed by atoms with Gasteiger partial charge in [-0.05, 0) is 48.2 Å². The van der Waals surface area contributed by atoms with E-state index in [0.29, 0.717) is 18.3 Å². The van der Waals surface area contributed by atoms with E-state index in [1.807, 2.05) is 28.9 Å². The topological polar surface area (TPSA) is 96.2 Å². The first-order chi connectivity index (χ1) is 11.8. The van der Waals surface area contributed by atoms with Gasteiger partial charge in [0.25, 0.3) is 0 Å². The normalized spacial score (nSPS) is 20.4. The monoisotopic (exact) mass is 328 g/mol. The predicted octanol–water partition coefficient (Wildman–Crippen LogP) is 1.66. The summed E-state index contributed by atoms with van der Waals surface area (Å²) in [4.78, 5) is 14.1. The molecule has 4 rings (SSSR count). The molecule has 2 heterocycles. The van der Waals surface area contributed by atoms with E-state index in [1.165, 1.54) is 0 Å². The first-order valence-corrected chi connectivity index (χ1v) is 8.33. The third-order valence-electron chi connectivity index (χ3n) is 4.61. The molecule has 0 bridgehead atoms. The van der Waals surface area contributed by atoms with Crippen molar-refractivity contribution in [3.05, 3.63) is 24.3 Å². The molecule has 126 valence electrons. The van der Waals surface area contributed by atoms with E-state index < -0.39 is 0 Å². The van der Waals surface area contributed by atoms with Crippen molar-refractivity contribution in [2.75, 3.05) is 18.5 Å². The van der Waals surface area contributed by atoms with Gasteiger partial charge in [-0.2, -0.15) is 0 Å². The lowest BCUT2D eigenvalue weighted by Gasteiger charge is -2.23. The third kappa shape index (κ3) is 2.84. The molecule has 1 aliphatic carbocycles. The van der Waals surface area contributed by atoms with Crippen LogP contribution < -0.4 is 5.32 Å². The van der Waals surface area contributed by atoms with E-state index in [9.17, 15) is 9.90 Å². The van der Waals surface area contributed by atoms with E-state index in [2.05, 4.69) is 20.8 Å². The van der Waals surface area contributed by atoms with Crippen molar-refractivity contribution < 1.29 is 9.90 Å². The van der Waals surface area contributed by atoms with Crippen molar-refractivity contribution in [1.82, 2.24) is 25.1 Å². The Balaban J connectivity index is 1.52. The standard InChI is InChI=1S/C16H20N6O2/c23-10-14-5-2-8-21(14)16(24)17-12-4-1-3-11(9-12)15-18-19-20-22(15)13-6-7-13/h1,3-4,9,13-14,23H,2,5-8,10H2,(H,17,24)/t14-/m1/s1. The molecule has 1 saturated heterocycles. The predicted molar refractivity (Wildman–Crippen MR) is 87.4 cm³/mol.